The second-order valence-corrected chi connectivity index (χ2v) is 33.0. The van der Waals surface area contributed by atoms with Crippen molar-refractivity contribution in [1.82, 2.24) is 0 Å². The number of aliphatic carboxylic acids is 1. The Bertz CT molecular complexity index is 1660. The first kappa shape index (κ1) is 99.0. The highest BCUT2D eigenvalue weighted by Gasteiger charge is 2.22. The predicted octanol–water partition coefficient (Wildman–Crippen LogP) is 28.5. The van der Waals surface area contributed by atoms with Crippen molar-refractivity contribution in [2.75, 3.05) is 47.5 Å². The summed E-state index contributed by atoms with van der Waals surface area (Å²) in [7, 11) is 5.96. The van der Waals surface area contributed by atoms with Crippen LogP contribution in [0.5, 0.6) is 0 Å². The maximum absolute atomic E-state index is 13.0. The lowest BCUT2D eigenvalue weighted by Gasteiger charge is -2.26. The number of allylic oxidation sites excluding steroid dienone is 2. The fraction of sp³-hybridized carbons (Fsp3) is 0.946. The van der Waals surface area contributed by atoms with Gasteiger partial charge < -0.3 is 33.3 Å². The summed E-state index contributed by atoms with van der Waals surface area (Å²) in [5, 5.41) is 11.9. The van der Waals surface area contributed by atoms with Gasteiger partial charge in [0.2, 0.25) is 0 Å². The van der Waals surface area contributed by atoms with Gasteiger partial charge in [-0.2, -0.15) is 0 Å². The minimum Gasteiger partial charge on any atom is -0.545 e. The number of quaternary nitrogens is 1. The highest BCUT2D eigenvalue weighted by Crippen LogP contribution is 2.22. The molecule has 0 saturated heterocycles. The van der Waals surface area contributed by atoms with E-state index in [2.05, 4.69) is 26.0 Å². The molecule has 2 atom stereocenters. The third-order valence-electron chi connectivity index (χ3n) is 21.5. The second-order valence-electron chi connectivity index (χ2n) is 33.0. The van der Waals surface area contributed by atoms with E-state index in [9.17, 15) is 19.5 Å². The van der Waals surface area contributed by atoms with Crippen molar-refractivity contribution in [2.24, 2.45) is 0 Å². The third-order valence-corrected chi connectivity index (χ3v) is 21.5. The van der Waals surface area contributed by atoms with Gasteiger partial charge in [-0.3, -0.25) is 9.59 Å². The summed E-state index contributed by atoms with van der Waals surface area (Å²) in [6.07, 6.45) is 104. The number of likely N-dealkylation sites (N-methyl/N-ethyl adjacent to an activating group) is 1. The highest BCUT2D eigenvalue weighted by molar-refractivity contribution is 5.70. The summed E-state index contributed by atoms with van der Waals surface area (Å²) in [4.78, 5) is 37.7. The number of carbonyl (C=O) groups is 3. The molecule has 0 spiro atoms. The minimum atomic E-state index is -1.62. The van der Waals surface area contributed by atoms with Gasteiger partial charge in [0.05, 0.1) is 40.3 Å². The number of unbranched alkanes of at least 4 members (excludes halogenated alkanes) is 71. The number of carboxylic acids is 1. The first-order chi connectivity index (χ1) is 49.6. The van der Waals surface area contributed by atoms with Crippen LogP contribution in [0.3, 0.4) is 0 Å². The van der Waals surface area contributed by atoms with Crippen molar-refractivity contribution in [3.8, 4) is 0 Å². The average Bonchev–Trinajstić information content (AvgIpc) is 1.25. The molecule has 0 heterocycles. The molecule has 0 rings (SSSR count). The van der Waals surface area contributed by atoms with Crippen LogP contribution in [0.15, 0.2) is 12.2 Å². The summed E-state index contributed by atoms with van der Waals surface area (Å²) in [6.45, 7) is 4.86. The van der Waals surface area contributed by atoms with E-state index < -0.39 is 24.3 Å². The number of ether oxygens (including phenoxy) is 4. The molecule has 0 aliphatic heterocycles. The molecule has 0 saturated carbocycles. The number of carboxylic acid groups (broad SMARTS) is 1. The van der Waals surface area contributed by atoms with E-state index in [1.807, 2.05) is 21.1 Å². The standard InChI is InChI=1S/C92H179NO8/c1-6-8-10-12-14-16-18-20-22-24-26-28-30-32-34-36-38-40-42-43-44-45-46-47-49-50-52-54-56-58-60-62-64-66-68-70-72-74-76-78-80-82-89(94)99-86-88(87-100-92(91(96)97)98-85-84-93(3,4)5)101-90(95)83-81-79-77-75-73-71-69-67-65-63-61-59-57-55-53-51-48-41-39-37-35-33-31-29-27-25-23-21-19-17-15-13-11-9-7-2/h25,27,88,92H,6-24,26,28-87H2,1-5H3/b27-25-. The van der Waals surface area contributed by atoms with Gasteiger partial charge in [-0.05, 0) is 38.5 Å². The van der Waals surface area contributed by atoms with Crippen LogP contribution < -0.4 is 5.11 Å². The molecule has 600 valence electrons. The molecule has 9 nitrogen and oxygen atoms in total. The van der Waals surface area contributed by atoms with Gasteiger partial charge >= 0.3 is 11.9 Å². The fourth-order valence-electron chi connectivity index (χ4n) is 14.5. The first-order valence-corrected chi connectivity index (χ1v) is 45.8. The van der Waals surface area contributed by atoms with E-state index >= 15 is 0 Å². The zero-order valence-electron chi connectivity index (χ0n) is 69.1. The van der Waals surface area contributed by atoms with Crippen LogP contribution in [-0.2, 0) is 33.3 Å². The lowest BCUT2D eigenvalue weighted by molar-refractivity contribution is -0.870. The Balaban J connectivity index is 3.86. The lowest BCUT2D eigenvalue weighted by atomic mass is 10.0. The number of carbonyl (C=O) groups excluding carboxylic acids is 3. The normalized spacial score (nSPS) is 12.5. The molecule has 0 radical (unpaired) electrons. The predicted molar refractivity (Wildman–Crippen MR) is 436 cm³/mol. The summed E-state index contributed by atoms with van der Waals surface area (Å²) in [5.74, 6) is -2.24. The second kappa shape index (κ2) is 83.7. The van der Waals surface area contributed by atoms with Crippen LogP contribution in [-0.4, -0.2) is 82.3 Å². The fourth-order valence-corrected chi connectivity index (χ4v) is 14.5. The molecule has 0 aliphatic rings. The van der Waals surface area contributed by atoms with Crippen molar-refractivity contribution < 1.29 is 42.9 Å². The Morgan fingerprint density at radius 2 is 0.505 bits per heavy atom. The van der Waals surface area contributed by atoms with Gasteiger partial charge in [0.25, 0.3) is 0 Å². The van der Waals surface area contributed by atoms with Gasteiger partial charge in [-0.1, -0.05) is 463 Å². The SMILES string of the molecule is CCCCCCCCCC/C=C\CCCCCCCCCCCCCCCCCCCCCCCCCC(=O)OC(COC(=O)CCCCCCCCCCCCCCCCCCCCCCCCCCCCCCCCCCCCCCCCCCC)COC(OCC[N+](C)(C)C)C(=O)[O-]. The molecule has 0 bridgehead atoms. The number of hydrogen-bond donors (Lipinski definition) is 0. The number of rotatable bonds is 88. The van der Waals surface area contributed by atoms with E-state index in [1.165, 1.54) is 437 Å². The Hall–Kier alpha value is -1.97. The first-order valence-electron chi connectivity index (χ1n) is 45.8. The lowest BCUT2D eigenvalue weighted by Crippen LogP contribution is -2.44. The van der Waals surface area contributed by atoms with Crippen LogP contribution in [0.4, 0.5) is 0 Å². The Morgan fingerprint density at radius 3 is 0.733 bits per heavy atom. The molecule has 0 aromatic heterocycles. The molecule has 0 aromatic carbocycles. The molecule has 0 amide bonds. The molecule has 0 N–H and O–H groups in total. The van der Waals surface area contributed by atoms with Crippen LogP contribution in [0.2, 0.25) is 0 Å². The van der Waals surface area contributed by atoms with Gasteiger partial charge in [-0.15, -0.1) is 0 Å². The maximum atomic E-state index is 13.0. The van der Waals surface area contributed by atoms with Crippen LogP contribution in [0.25, 0.3) is 0 Å². The third kappa shape index (κ3) is 85.2. The average molecular weight is 1430 g/mol. The topological polar surface area (TPSA) is 111 Å². The minimum absolute atomic E-state index is 0.153. The Morgan fingerprint density at radius 1 is 0.287 bits per heavy atom. The Labute approximate surface area is 631 Å². The van der Waals surface area contributed by atoms with E-state index in [1.54, 1.807) is 0 Å². The van der Waals surface area contributed by atoms with E-state index in [-0.39, 0.29) is 32.2 Å². The number of hydrogen-bond acceptors (Lipinski definition) is 8. The van der Waals surface area contributed by atoms with Crippen molar-refractivity contribution in [1.29, 1.82) is 0 Å². The summed E-state index contributed by atoms with van der Waals surface area (Å²) >= 11 is 0. The zero-order chi connectivity index (χ0) is 73.2. The van der Waals surface area contributed by atoms with Gasteiger partial charge in [0.15, 0.2) is 12.4 Å². The van der Waals surface area contributed by atoms with Crippen molar-refractivity contribution >= 4 is 17.9 Å². The molecular formula is C92H179NO8. The van der Waals surface area contributed by atoms with E-state index in [4.69, 9.17) is 18.9 Å². The van der Waals surface area contributed by atoms with Gasteiger partial charge in [0.1, 0.15) is 13.2 Å². The summed E-state index contributed by atoms with van der Waals surface area (Å²) in [6, 6.07) is 0. The highest BCUT2D eigenvalue weighted by atomic mass is 16.7. The van der Waals surface area contributed by atoms with Crippen molar-refractivity contribution in [2.45, 2.75) is 514 Å². The van der Waals surface area contributed by atoms with Crippen LogP contribution >= 0.6 is 0 Å². The quantitative estimate of drug-likeness (QED) is 0.0195. The molecular weight excluding hydrogens is 1250 g/mol. The van der Waals surface area contributed by atoms with Crippen LogP contribution in [0.1, 0.15) is 502 Å². The maximum Gasteiger partial charge on any atom is 0.306 e. The largest absolute Gasteiger partial charge is 0.545 e. The number of nitrogens with zero attached hydrogens (tertiary/aromatic N) is 1. The molecule has 0 aromatic rings. The van der Waals surface area contributed by atoms with Gasteiger partial charge in [-0.25, -0.2) is 0 Å². The van der Waals surface area contributed by atoms with E-state index in [0.29, 0.717) is 17.4 Å². The molecule has 2 unspecified atom stereocenters. The van der Waals surface area contributed by atoms with Crippen molar-refractivity contribution in [3.05, 3.63) is 12.2 Å². The van der Waals surface area contributed by atoms with Crippen LogP contribution in [0, 0.1) is 0 Å². The van der Waals surface area contributed by atoms with Crippen molar-refractivity contribution in [3.63, 3.8) is 0 Å². The molecule has 0 aliphatic carbocycles. The summed E-state index contributed by atoms with van der Waals surface area (Å²) in [5.41, 5.74) is 0. The Kier molecular flexibility index (Phi) is 82.0. The molecule has 0 fully saturated rings. The summed E-state index contributed by atoms with van der Waals surface area (Å²) < 4.78 is 22.9. The van der Waals surface area contributed by atoms with E-state index in [0.717, 1.165) is 38.5 Å². The zero-order valence-corrected chi connectivity index (χ0v) is 69.1. The van der Waals surface area contributed by atoms with Gasteiger partial charge in [0, 0.05) is 12.8 Å². The molecule has 101 heavy (non-hydrogen) atoms. The number of esters is 2. The monoisotopic (exact) mass is 1430 g/mol. The molecule has 9 heteroatoms. The smallest absolute Gasteiger partial charge is 0.306 e.